The Morgan fingerprint density at radius 3 is 2.38 bits per heavy atom. The Labute approximate surface area is 158 Å². The summed E-state index contributed by atoms with van der Waals surface area (Å²) < 4.78 is 0. The number of nitrogens with zero attached hydrogens (tertiary/aromatic N) is 4. The lowest BCUT2D eigenvalue weighted by Gasteiger charge is -2.10. The molecule has 0 radical (unpaired) electrons. The average molecular weight is 391 g/mol. The Morgan fingerprint density at radius 1 is 1.00 bits per heavy atom. The van der Waals surface area contributed by atoms with Crippen molar-refractivity contribution in [2.24, 2.45) is 0 Å². The average Bonchev–Trinajstić information content (AvgIpc) is 2.58. The molecule has 2 N–H and O–H groups in total. The van der Waals surface area contributed by atoms with Crippen LogP contribution in [0.15, 0.2) is 42.9 Å². The summed E-state index contributed by atoms with van der Waals surface area (Å²) in [7, 11) is 0. The monoisotopic (exact) mass is 390 g/mol. The number of nitro groups is 1. The first-order valence-electron chi connectivity index (χ1n) is 7.35. The van der Waals surface area contributed by atoms with Crippen molar-refractivity contribution in [1.82, 2.24) is 15.0 Å². The second-order valence-corrected chi connectivity index (χ2v) is 6.09. The number of hydrogen-bond donors (Lipinski definition) is 2. The largest absolute Gasteiger partial charge is 0.353 e. The molecule has 2 heterocycles. The maximum absolute atomic E-state index is 11.6. The highest BCUT2D eigenvalue weighted by atomic mass is 35.5. The van der Waals surface area contributed by atoms with Crippen molar-refractivity contribution in [3.05, 3.63) is 68.6 Å². The van der Waals surface area contributed by atoms with Crippen molar-refractivity contribution >= 4 is 52.0 Å². The molecular weight excluding hydrogens is 379 g/mol. The predicted octanol–water partition coefficient (Wildman–Crippen LogP) is 4.88. The van der Waals surface area contributed by atoms with E-state index in [0.717, 1.165) is 5.56 Å². The number of pyridine rings is 1. The molecule has 8 nitrogen and oxygen atoms in total. The first-order valence-corrected chi connectivity index (χ1v) is 8.11. The number of aryl methyl sites for hydroxylation is 1. The number of nitrogens with one attached hydrogen (secondary N) is 2. The minimum absolute atomic E-state index is 0.0125. The number of rotatable bonds is 5. The van der Waals surface area contributed by atoms with Crippen LogP contribution in [0.1, 0.15) is 5.56 Å². The standard InChI is InChI=1S/C16H12Cl2N6O2/c1-9-4-5-19-13(6-9)23-16-14(24(25)26)15(20-8-21-16)22-10-2-3-11(17)12(18)7-10/h2-8H,1H3,(H2,19,20,21,22,23). The number of benzene rings is 1. The molecule has 10 heteroatoms. The molecule has 0 spiro atoms. The first kappa shape index (κ1) is 17.8. The van der Waals surface area contributed by atoms with E-state index >= 15 is 0 Å². The number of anilines is 4. The second-order valence-electron chi connectivity index (χ2n) is 5.27. The summed E-state index contributed by atoms with van der Waals surface area (Å²) in [6, 6.07) is 8.32. The molecule has 0 aliphatic rings. The van der Waals surface area contributed by atoms with Crippen molar-refractivity contribution in [3.8, 4) is 0 Å². The van der Waals surface area contributed by atoms with Crippen LogP contribution in [0.25, 0.3) is 0 Å². The summed E-state index contributed by atoms with van der Waals surface area (Å²) in [5.41, 5.74) is 1.14. The number of halogens is 2. The fourth-order valence-electron chi connectivity index (χ4n) is 2.17. The van der Waals surface area contributed by atoms with Gasteiger partial charge in [0.2, 0.25) is 11.6 Å². The first-order chi connectivity index (χ1) is 12.4. The van der Waals surface area contributed by atoms with Gasteiger partial charge in [0.15, 0.2) is 0 Å². The van der Waals surface area contributed by atoms with Gasteiger partial charge < -0.3 is 10.6 Å². The van der Waals surface area contributed by atoms with Crippen LogP contribution in [0.4, 0.5) is 28.8 Å². The third-order valence-corrected chi connectivity index (χ3v) is 4.09. The van der Waals surface area contributed by atoms with Crippen molar-refractivity contribution in [3.63, 3.8) is 0 Å². The van der Waals surface area contributed by atoms with E-state index in [4.69, 9.17) is 23.2 Å². The Bertz CT molecular complexity index is 983. The molecular formula is C16H12Cl2N6O2. The van der Waals surface area contributed by atoms with Crippen LogP contribution in [-0.4, -0.2) is 19.9 Å². The molecule has 1 aromatic carbocycles. The Morgan fingerprint density at radius 2 is 1.73 bits per heavy atom. The minimum Gasteiger partial charge on any atom is -0.334 e. The van der Waals surface area contributed by atoms with Crippen LogP contribution >= 0.6 is 23.2 Å². The number of aromatic nitrogens is 3. The van der Waals surface area contributed by atoms with Gasteiger partial charge in [0.25, 0.3) is 0 Å². The van der Waals surface area contributed by atoms with Gasteiger partial charge in [-0.25, -0.2) is 15.0 Å². The van der Waals surface area contributed by atoms with Gasteiger partial charge in [-0.1, -0.05) is 23.2 Å². The highest BCUT2D eigenvalue weighted by Crippen LogP contribution is 2.34. The lowest BCUT2D eigenvalue weighted by molar-refractivity contribution is -0.383. The summed E-state index contributed by atoms with van der Waals surface area (Å²) in [5, 5.41) is 18.0. The Hall–Kier alpha value is -2.97. The zero-order valence-electron chi connectivity index (χ0n) is 13.4. The fraction of sp³-hybridized carbons (Fsp3) is 0.0625. The molecule has 2 aromatic heterocycles. The van der Waals surface area contributed by atoms with E-state index in [9.17, 15) is 10.1 Å². The molecule has 3 rings (SSSR count). The Kier molecular flexibility index (Phi) is 5.15. The van der Waals surface area contributed by atoms with E-state index in [-0.39, 0.29) is 17.3 Å². The zero-order chi connectivity index (χ0) is 18.7. The minimum atomic E-state index is -0.571. The van der Waals surface area contributed by atoms with Crippen molar-refractivity contribution in [1.29, 1.82) is 0 Å². The smallest absolute Gasteiger partial charge is 0.334 e. The van der Waals surface area contributed by atoms with Crippen LogP contribution in [0.2, 0.25) is 10.0 Å². The van der Waals surface area contributed by atoms with Crippen LogP contribution < -0.4 is 10.6 Å². The van der Waals surface area contributed by atoms with Gasteiger partial charge in [-0.2, -0.15) is 0 Å². The molecule has 0 aliphatic heterocycles. The lowest BCUT2D eigenvalue weighted by atomic mass is 10.3. The molecule has 0 saturated heterocycles. The summed E-state index contributed by atoms with van der Waals surface area (Å²) >= 11 is 11.9. The van der Waals surface area contributed by atoms with Gasteiger partial charge >= 0.3 is 5.69 Å². The van der Waals surface area contributed by atoms with E-state index in [0.29, 0.717) is 21.6 Å². The molecule has 26 heavy (non-hydrogen) atoms. The summed E-state index contributed by atoms with van der Waals surface area (Å²) in [4.78, 5) is 23.1. The van der Waals surface area contributed by atoms with Gasteiger partial charge in [-0.15, -0.1) is 0 Å². The maximum Gasteiger partial charge on any atom is 0.353 e. The number of hydrogen-bond acceptors (Lipinski definition) is 7. The molecule has 0 amide bonds. The van der Waals surface area contributed by atoms with Gasteiger partial charge in [0.05, 0.1) is 15.0 Å². The van der Waals surface area contributed by atoms with Crippen molar-refractivity contribution < 1.29 is 4.92 Å². The van der Waals surface area contributed by atoms with E-state index in [1.54, 1.807) is 30.5 Å². The van der Waals surface area contributed by atoms with Crippen molar-refractivity contribution in [2.75, 3.05) is 10.6 Å². The molecule has 0 aliphatic carbocycles. The normalized spacial score (nSPS) is 10.4. The SMILES string of the molecule is Cc1ccnc(Nc2ncnc(Nc3ccc(Cl)c(Cl)c3)c2[N+](=O)[O-])c1. The highest BCUT2D eigenvalue weighted by Gasteiger charge is 2.23. The molecule has 3 aromatic rings. The molecule has 0 atom stereocenters. The second kappa shape index (κ2) is 7.51. The Balaban J connectivity index is 1.98. The third-order valence-electron chi connectivity index (χ3n) is 3.35. The topological polar surface area (TPSA) is 106 Å². The highest BCUT2D eigenvalue weighted by molar-refractivity contribution is 6.42. The van der Waals surface area contributed by atoms with Crippen LogP contribution in [0, 0.1) is 17.0 Å². The van der Waals surface area contributed by atoms with Gasteiger partial charge in [-0.3, -0.25) is 10.1 Å². The van der Waals surface area contributed by atoms with Crippen molar-refractivity contribution in [2.45, 2.75) is 6.92 Å². The van der Waals surface area contributed by atoms with E-state index in [1.165, 1.54) is 6.33 Å². The molecule has 132 valence electrons. The van der Waals surface area contributed by atoms with Gasteiger partial charge in [0, 0.05) is 11.9 Å². The molecule has 0 bridgehead atoms. The van der Waals surface area contributed by atoms with Crippen LogP contribution in [0.3, 0.4) is 0 Å². The quantitative estimate of drug-likeness (QED) is 0.472. The lowest BCUT2D eigenvalue weighted by Crippen LogP contribution is -2.06. The van der Waals surface area contributed by atoms with E-state index < -0.39 is 4.92 Å². The summed E-state index contributed by atoms with van der Waals surface area (Å²) in [5.74, 6) is 0.469. The van der Waals surface area contributed by atoms with Gasteiger partial charge in [0.1, 0.15) is 12.1 Å². The van der Waals surface area contributed by atoms with Crippen LogP contribution in [0.5, 0.6) is 0 Å². The predicted molar refractivity (Wildman–Crippen MR) is 101 cm³/mol. The maximum atomic E-state index is 11.6. The zero-order valence-corrected chi connectivity index (χ0v) is 14.9. The van der Waals surface area contributed by atoms with E-state index in [2.05, 4.69) is 25.6 Å². The molecule has 0 unspecified atom stereocenters. The fourth-order valence-corrected chi connectivity index (χ4v) is 2.47. The van der Waals surface area contributed by atoms with Gasteiger partial charge in [-0.05, 0) is 42.8 Å². The molecule has 0 saturated carbocycles. The van der Waals surface area contributed by atoms with E-state index in [1.807, 2.05) is 13.0 Å². The molecule has 0 fully saturated rings. The summed E-state index contributed by atoms with van der Waals surface area (Å²) in [6.07, 6.45) is 2.81. The third kappa shape index (κ3) is 3.98. The van der Waals surface area contributed by atoms with Crippen LogP contribution in [-0.2, 0) is 0 Å². The summed E-state index contributed by atoms with van der Waals surface area (Å²) in [6.45, 7) is 1.89.